The van der Waals surface area contributed by atoms with Crippen molar-refractivity contribution in [3.05, 3.63) is 36.9 Å². The van der Waals surface area contributed by atoms with Crippen LogP contribution in [0.15, 0.2) is 18.2 Å². The molecule has 1 radical (unpaired) electrons. The largest absolute Gasteiger partial charge is 0.446 e. The predicted octanol–water partition coefficient (Wildman–Crippen LogP) is 2.30. The third kappa shape index (κ3) is 2.70. The van der Waals surface area contributed by atoms with Gasteiger partial charge in [-0.1, -0.05) is 0 Å². The summed E-state index contributed by atoms with van der Waals surface area (Å²) in [5.74, 6) is -1.56. The summed E-state index contributed by atoms with van der Waals surface area (Å²) in [6.45, 7) is 0. The predicted molar refractivity (Wildman–Crippen MR) is 41.8 cm³/mol. The van der Waals surface area contributed by atoms with Crippen LogP contribution < -0.4 is 5.32 Å². The summed E-state index contributed by atoms with van der Waals surface area (Å²) in [7, 11) is 2.83. The van der Waals surface area contributed by atoms with Gasteiger partial charge in [-0.05, 0) is 12.1 Å². The van der Waals surface area contributed by atoms with Crippen molar-refractivity contribution in [2.75, 3.05) is 5.32 Å². The second-order valence-corrected chi connectivity index (χ2v) is 2.21. The van der Waals surface area contributed by atoms with Crippen molar-refractivity contribution in [1.82, 2.24) is 0 Å². The molecule has 1 aromatic carbocycles. The van der Waals surface area contributed by atoms with E-state index < -0.39 is 17.7 Å². The van der Waals surface area contributed by atoms with E-state index >= 15 is 0 Å². The van der Waals surface area contributed by atoms with Crippen molar-refractivity contribution in [3.63, 3.8) is 0 Å². The molecule has 1 rings (SSSR count). The van der Waals surface area contributed by atoms with E-state index in [1.165, 1.54) is 0 Å². The molecule has 0 saturated heterocycles. The van der Waals surface area contributed by atoms with E-state index in [9.17, 15) is 13.6 Å². The number of benzene rings is 1. The van der Waals surface area contributed by atoms with Gasteiger partial charge in [-0.2, -0.15) is 0 Å². The number of halogens is 2. The van der Waals surface area contributed by atoms with Gasteiger partial charge in [0.2, 0.25) is 0 Å². The Kier molecular flexibility index (Phi) is 2.79. The molecule has 1 N–H and O–H groups in total. The molecule has 69 valence electrons. The number of amides is 1. The van der Waals surface area contributed by atoms with Crippen LogP contribution in [0, 0.1) is 18.7 Å². The van der Waals surface area contributed by atoms with Crippen LogP contribution in [0.1, 0.15) is 0 Å². The van der Waals surface area contributed by atoms with Gasteiger partial charge >= 0.3 is 6.09 Å². The van der Waals surface area contributed by atoms with E-state index in [1.54, 1.807) is 0 Å². The second kappa shape index (κ2) is 3.84. The van der Waals surface area contributed by atoms with Crippen LogP contribution >= 0.6 is 0 Å². The molecular weight excluding hydrogens is 180 g/mol. The van der Waals surface area contributed by atoms with Gasteiger partial charge in [0, 0.05) is 11.8 Å². The number of carbonyl (C=O) groups excluding carboxylic acids is 1. The standard InChI is InChI=1S/C8H6F2NO2/c1-13-8(12)11-7-3-5(9)2-6(10)4-7/h2-4H,1H2,(H,11,12). The van der Waals surface area contributed by atoms with E-state index in [4.69, 9.17) is 0 Å². The maximum absolute atomic E-state index is 12.5. The molecule has 0 fully saturated rings. The van der Waals surface area contributed by atoms with Crippen LogP contribution in [-0.2, 0) is 4.74 Å². The third-order valence-electron chi connectivity index (χ3n) is 1.24. The first-order chi connectivity index (χ1) is 6.11. The van der Waals surface area contributed by atoms with Gasteiger partial charge in [-0.15, -0.1) is 0 Å². The van der Waals surface area contributed by atoms with Crippen molar-refractivity contribution in [1.29, 1.82) is 0 Å². The molecule has 0 heterocycles. The molecule has 13 heavy (non-hydrogen) atoms. The molecule has 0 aliphatic heterocycles. The molecular formula is C8H6F2NO2. The lowest BCUT2D eigenvalue weighted by Crippen LogP contribution is -2.10. The van der Waals surface area contributed by atoms with Gasteiger partial charge in [-0.25, -0.2) is 13.6 Å². The number of ether oxygens (including phenoxy) is 1. The number of anilines is 1. The Morgan fingerprint density at radius 2 is 1.85 bits per heavy atom. The summed E-state index contributed by atoms with van der Waals surface area (Å²) in [5.41, 5.74) is -0.0221. The van der Waals surface area contributed by atoms with Crippen LogP contribution in [0.2, 0.25) is 0 Å². The van der Waals surface area contributed by atoms with Gasteiger partial charge < -0.3 is 4.74 Å². The van der Waals surface area contributed by atoms with Crippen molar-refractivity contribution in [2.24, 2.45) is 0 Å². The highest BCUT2D eigenvalue weighted by Crippen LogP contribution is 2.12. The average molecular weight is 186 g/mol. The topological polar surface area (TPSA) is 38.3 Å². The van der Waals surface area contributed by atoms with E-state index in [-0.39, 0.29) is 5.69 Å². The fourth-order valence-electron chi connectivity index (χ4n) is 0.780. The molecule has 0 atom stereocenters. The van der Waals surface area contributed by atoms with E-state index in [2.05, 4.69) is 17.2 Å². The highest BCUT2D eigenvalue weighted by atomic mass is 19.1. The van der Waals surface area contributed by atoms with Gasteiger partial charge in [-0.3, -0.25) is 5.32 Å². The Balaban J connectivity index is 2.83. The first-order valence-corrected chi connectivity index (χ1v) is 3.31. The number of nitrogens with one attached hydrogen (secondary N) is 1. The van der Waals surface area contributed by atoms with Crippen LogP contribution in [0.5, 0.6) is 0 Å². The lowest BCUT2D eigenvalue weighted by molar-refractivity contribution is 0.199. The summed E-state index contributed by atoms with van der Waals surface area (Å²) >= 11 is 0. The average Bonchev–Trinajstić information content (AvgIpc) is 2.02. The molecule has 5 heteroatoms. The molecule has 0 unspecified atom stereocenters. The highest BCUT2D eigenvalue weighted by Gasteiger charge is 2.03. The minimum absolute atomic E-state index is 0.0221. The zero-order chi connectivity index (χ0) is 9.84. The third-order valence-corrected chi connectivity index (χ3v) is 1.24. The molecule has 1 amide bonds. The zero-order valence-electron chi connectivity index (χ0n) is 6.51. The SMILES string of the molecule is [CH2]OC(=O)Nc1cc(F)cc(F)c1. The fourth-order valence-corrected chi connectivity index (χ4v) is 0.780. The number of hydrogen-bond donors (Lipinski definition) is 1. The minimum Gasteiger partial charge on any atom is -0.446 e. The number of carbonyl (C=O) groups is 1. The van der Waals surface area contributed by atoms with Gasteiger partial charge in [0.05, 0.1) is 0 Å². The van der Waals surface area contributed by atoms with Gasteiger partial charge in [0.25, 0.3) is 0 Å². The normalized spacial score (nSPS) is 9.46. The zero-order valence-corrected chi connectivity index (χ0v) is 6.51. The van der Waals surface area contributed by atoms with Crippen molar-refractivity contribution in [3.8, 4) is 0 Å². The summed E-state index contributed by atoms with van der Waals surface area (Å²) < 4.78 is 29.1. The van der Waals surface area contributed by atoms with Crippen molar-refractivity contribution < 1.29 is 18.3 Å². The Labute approximate surface area is 73.3 Å². The van der Waals surface area contributed by atoms with Crippen molar-refractivity contribution >= 4 is 11.8 Å². The van der Waals surface area contributed by atoms with Crippen molar-refractivity contribution in [2.45, 2.75) is 0 Å². The lowest BCUT2D eigenvalue weighted by atomic mass is 10.3. The van der Waals surface area contributed by atoms with E-state index in [0.29, 0.717) is 6.07 Å². The first kappa shape index (κ1) is 9.44. The van der Waals surface area contributed by atoms with E-state index in [1.807, 2.05) is 0 Å². The van der Waals surface area contributed by atoms with E-state index in [0.717, 1.165) is 12.1 Å². The summed E-state index contributed by atoms with van der Waals surface area (Å²) in [6.07, 6.45) is -0.884. The quantitative estimate of drug-likeness (QED) is 0.730. The highest BCUT2D eigenvalue weighted by molar-refractivity contribution is 5.84. The van der Waals surface area contributed by atoms with Gasteiger partial charge in [0.1, 0.15) is 18.7 Å². The fraction of sp³-hybridized carbons (Fsp3) is 0. The van der Waals surface area contributed by atoms with Crippen LogP contribution in [0.4, 0.5) is 19.3 Å². The van der Waals surface area contributed by atoms with Gasteiger partial charge in [0.15, 0.2) is 0 Å². The van der Waals surface area contributed by atoms with Crippen LogP contribution in [0.3, 0.4) is 0 Å². The monoisotopic (exact) mass is 186 g/mol. The molecule has 0 aliphatic carbocycles. The molecule has 0 saturated carbocycles. The maximum Gasteiger partial charge on any atom is 0.411 e. The summed E-state index contributed by atoms with van der Waals surface area (Å²) in [6, 6.07) is 2.61. The summed E-state index contributed by atoms with van der Waals surface area (Å²) in [5, 5.41) is 2.07. The molecule has 0 aromatic heterocycles. The molecule has 0 aliphatic rings. The molecule has 0 bridgehead atoms. The van der Waals surface area contributed by atoms with Crippen LogP contribution in [-0.4, -0.2) is 6.09 Å². The number of hydrogen-bond acceptors (Lipinski definition) is 2. The molecule has 0 spiro atoms. The smallest absolute Gasteiger partial charge is 0.411 e. The Morgan fingerprint density at radius 3 is 2.31 bits per heavy atom. The maximum atomic E-state index is 12.5. The second-order valence-electron chi connectivity index (χ2n) is 2.21. The minimum atomic E-state index is -0.884. The Hall–Kier alpha value is -1.65. The van der Waals surface area contributed by atoms with Crippen LogP contribution in [0.25, 0.3) is 0 Å². The first-order valence-electron chi connectivity index (χ1n) is 3.31. The Bertz CT molecular complexity index is 308. The Morgan fingerprint density at radius 1 is 1.31 bits per heavy atom. The summed E-state index contributed by atoms with van der Waals surface area (Å²) in [4.78, 5) is 10.6. The lowest BCUT2D eigenvalue weighted by Gasteiger charge is -2.02. The molecule has 3 nitrogen and oxygen atoms in total. The number of rotatable bonds is 1. The molecule has 1 aromatic rings.